The molecule has 0 aliphatic carbocycles. The zero-order chi connectivity index (χ0) is 17.8. The van der Waals surface area contributed by atoms with E-state index in [1.165, 1.54) is 0 Å². The molecule has 26 heavy (non-hydrogen) atoms. The Hall–Kier alpha value is -3.85. The maximum Gasteiger partial charge on any atom is 0.321 e. The standard InChI is InChI=1S/C20H13N3O3/c21-12-16(15-5-6-18-19(11-15)25-13-24-18)9-14-3-1-4-17(10-14)26-20-22-7-2-8-23-20/h1-11H,13H2/b16-9+. The van der Waals surface area contributed by atoms with Crippen LogP contribution in [-0.2, 0) is 0 Å². The summed E-state index contributed by atoms with van der Waals surface area (Å²) < 4.78 is 16.3. The highest BCUT2D eigenvalue weighted by Gasteiger charge is 2.14. The van der Waals surface area contributed by atoms with Crippen LogP contribution < -0.4 is 14.2 Å². The minimum atomic E-state index is 0.200. The number of nitrogens with zero attached hydrogens (tertiary/aromatic N) is 3. The summed E-state index contributed by atoms with van der Waals surface area (Å²) in [5, 5.41) is 9.55. The molecule has 0 N–H and O–H groups in total. The van der Waals surface area contributed by atoms with Crippen LogP contribution in [0, 0.1) is 11.3 Å². The minimum absolute atomic E-state index is 0.200. The molecule has 4 rings (SSSR count). The van der Waals surface area contributed by atoms with E-state index in [9.17, 15) is 5.26 Å². The van der Waals surface area contributed by atoms with E-state index >= 15 is 0 Å². The molecule has 0 amide bonds. The summed E-state index contributed by atoms with van der Waals surface area (Å²) in [5.74, 6) is 1.92. The van der Waals surface area contributed by atoms with Crippen LogP contribution in [0.2, 0.25) is 0 Å². The van der Waals surface area contributed by atoms with Crippen LogP contribution in [0.1, 0.15) is 11.1 Å². The summed E-state index contributed by atoms with van der Waals surface area (Å²) >= 11 is 0. The Morgan fingerprint density at radius 2 is 1.88 bits per heavy atom. The molecule has 6 nitrogen and oxygen atoms in total. The first-order valence-corrected chi connectivity index (χ1v) is 7.88. The summed E-state index contributed by atoms with van der Waals surface area (Å²) in [7, 11) is 0. The van der Waals surface area contributed by atoms with E-state index in [4.69, 9.17) is 14.2 Å². The van der Waals surface area contributed by atoms with Crippen molar-refractivity contribution in [3.63, 3.8) is 0 Å². The van der Waals surface area contributed by atoms with Crippen LogP contribution in [0.4, 0.5) is 0 Å². The first kappa shape index (κ1) is 15.7. The van der Waals surface area contributed by atoms with E-state index in [2.05, 4.69) is 16.0 Å². The third-order valence-corrected chi connectivity index (χ3v) is 3.72. The maximum absolute atomic E-state index is 9.55. The fourth-order valence-corrected chi connectivity index (χ4v) is 2.52. The van der Waals surface area contributed by atoms with Gasteiger partial charge in [-0.05, 0) is 53.6 Å². The number of nitriles is 1. The number of aromatic nitrogens is 2. The van der Waals surface area contributed by atoms with Gasteiger partial charge in [-0.1, -0.05) is 12.1 Å². The number of fused-ring (bicyclic) bond motifs is 1. The molecule has 2 aromatic carbocycles. The van der Waals surface area contributed by atoms with Crippen LogP contribution >= 0.6 is 0 Å². The second kappa shape index (κ2) is 6.95. The van der Waals surface area contributed by atoms with Gasteiger partial charge < -0.3 is 14.2 Å². The molecule has 0 saturated heterocycles. The third kappa shape index (κ3) is 3.32. The lowest BCUT2D eigenvalue weighted by molar-refractivity contribution is 0.174. The Kier molecular flexibility index (Phi) is 4.19. The SMILES string of the molecule is N#C/C(=C\c1cccc(Oc2ncccn2)c1)c1ccc2c(c1)OCO2. The first-order valence-electron chi connectivity index (χ1n) is 7.88. The fraction of sp³-hybridized carbons (Fsp3) is 0.0500. The molecule has 0 unspecified atom stereocenters. The van der Waals surface area contributed by atoms with E-state index in [0.717, 1.165) is 11.1 Å². The van der Waals surface area contributed by atoms with Crippen molar-refractivity contribution in [3.8, 4) is 29.3 Å². The number of allylic oxidation sites excluding steroid dienone is 1. The van der Waals surface area contributed by atoms with Gasteiger partial charge in [-0.2, -0.15) is 5.26 Å². The minimum Gasteiger partial charge on any atom is -0.454 e. The van der Waals surface area contributed by atoms with E-state index in [0.29, 0.717) is 22.8 Å². The lowest BCUT2D eigenvalue weighted by Gasteiger charge is -2.05. The number of rotatable bonds is 4. The molecule has 3 aromatic rings. The van der Waals surface area contributed by atoms with Gasteiger partial charge in [-0.15, -0.1) is 0 Å². The predicted molar refractivity (Wildman–Crippen MR) is 94.6 cm³/mol. The van der Waals surface area contributed by atoms with Gasteiger partial charge in [0.1, 0.15) is 5.75 Å². The summed E-state index contributed by atoms with van der Waals surface area (Å²) in [6.45, 7) is 0.200. The Bertz CT molecular complexity index is 1010. The molecule has 1 aromatic heterocycles. The molecule has 0 fully saturated rings. The van der Waals surface area contributed by atoms with Gasteiger partial charge in [0, 0.05) is 12.4 Å². The third-order valence-electron chi connectivity index (χ3n) is 3.72. The Morgan fingerprint density at radius 3 is 2.73 bits per heavy atom. The monoisotopic (exact) mass is 343 g/mol. The van der Waals surface area contributed by atoms with Crippen molar-refractivity contribution < 1.29 is 14.2 Å². The molecule has 0 bridgehead atoms. The summed E-state index contributed by atoms with van der Waals surface area (Å²) in [6, 6.07) is 17.0. The van der Waals surface area contributed by atoms with Crippen molar-refractivity contribution in [1.82, 2.24) is 9.97 Å². The second-order valence-electron chi connectivity index (χ2n) is 5.44. The summed E-state index contributed by atoms with van der Waals surface area (Å²) in [4.78, 5) is 8.07. The van der Waals surface area contributed by atoms with Crippen molar-refractivity contribution in [2.24, 2.45) is 0 Å². The normalized spacial score (nSPS) is 12.5. The van der Waals surface area contributed by atoms with Gasteiger partial charge in [0.2, 0.25) is 6.79 Å². The lowest BCUT2D eigenvalue weighted by Crippen LogP contribution is -1.92. The Morgan fingerprint density at radius 1 is 1.04 bits per heavy atom. The van der Waals surface area contributed by atoms with Gasteiger partial charge in [0.15, 0.2) is 11.5 Å². The van der Waals surface area contributed by atoms with Gasteiger partial charge in [-0.3, -0.25) is 0 Å². The molecule has 1 aliphatic heterocycles. The number of hydrogen-bond donors (Lipinski definition) is 0. The van der Waals surface area contributed by atoms with Gasteiger partial charge >= 0.3 is 6.01 Å². The van der Waals surface area contributed by atoms with Gasteiger partial charge in [0.05, 0.1) is 11.6 Å². The summed E-state index contributed by atoms with van der Waals surface area (Å²) in [6.07, 6.45) is 5.01. The van der Waals surface area contributed by atoms with Crippen molar-refractivity contribution in [3.05, 3.63) is 72.1 Å². The van der Waals surface area contributed by atoms with E-state index in [-0.39, 0.29) is 12.8 Å². The molecule has 6 heteroatoms. The molecular weight excluding hydrogens is 330 g/mol. The molecule has 126 valence electrons. The molecule has 2 heterocycles. The lowest BCUT2D eigenvalue weighted by atomic mass is 10.0. The fourth-order valence-electron chi connectivity index (χ4n) is 2.52. The van der Waals surface area contributed by atoms with Crippen molar-refractivity contribution in [2.45, 2.75) is 0 Å². The average molecular weight is 343 g/mol. The summed E-state index contributed by atoms with van der Waals surface area (Å²) in [5.41, 5.74) is 2.10. The maximum atomic E-state index is 9.55. The molecule has 1 aliphatic rings. The van der Waals surface area contributed by atoms with E-state index in [1.54, 1.807) is 42.7 Å². The highest BCUT2D eigenvalue weighted by molar-refractivity contribution is 5.90. The zero-order valence-electron chi connectivity index (χ0n) is 13.6. The van der Waals surface area contributed by atoms with Gasteiger partial charge in [-0.25, -0.2) is 9.97 Å². The van der Waals surface area contributed by atoms with Crippen molar-refractivity contribution in [1.29, 1.82) is 5.26 Å². The van der Waals surface area contributed by atoms with Crippen LogP contribution in [0.5, 0.6) is 23.3 Å². The van der Waals surface area contributed by atoms with Crippen LogP contribution in [0.3, 0.4) is 0 Å². The van der Waals surface area contributed by atoms with Crippen molar-refractivity contribution in [2.75, 3.05) is 6.79 Å². The first-order chi connectivity index (χ1) is 12.8. The molecule has 0 saturated carbocycles. The topological polar surface area (TPSA) is 77.3 Å². The predicted octanol–water partition coefficient (Wildman–Crippen LogP) is 4.06. The molecule has 0 atom stereocenters. The largest absolute Gasteiger partial charge is 0.454 e. The van der Waals surface area contributed by atoms with Crippen molar-refractivity contribution >= 4 is 11.6 Å². The van der Waals surface area contributed by atoms with Crippen LogP contribution in [0.25, 0.3) is 11.6 Å². The molecular formula is C20H13N3O3. The highest BCUT2D eigenvalue weighted by Crippen LogP contribution is 2.34. The Labute approximate surface area is 149 Å². The molecule has 0 radical (unpaired) electrons. The smallest absolute Gasteiger partial charge is 0.321 e. The zero-order valence-corrected chi connectivity index (χ0v) is 13.6. The Balaban J connectivity index is 1.62. The number of ether oxygens (including phenoxy) is 3. The number of benzene rings is 2. The van der Waals surface area contributed by atoms with Gasteiger partial charge in [0.25, 0.3) is 0 Å². The van der Waals surface area contributed by atoms with E-state index in [1.807, 2.05) is 24.3 Å². The van der Waals surface area contributed by atoms with E-state index < -0.39 is 0 Å². The van der Waals surface area contributed by atoms with Crippen LogP contribution in [-0.4, -0.2) is 16.8 Å². The van der Waals surface area contributed by atoms with Crippen LogP contribution in [0.15, 0.2) is 60.9 Å². The molecule has 0 spiro atoms. The average Bonchev–Trinajstić information content (AvgIpc) is 3.15. The highest BCUT2D eigenvalue weighted by atomic mass is 16.7. The second-order valence-corrected chi connectivity index (χ2v) is 5.44. The quantitative estimate of drug-likeness (QED) is 0.525. The number of hydrogen-bond acceptors (Lipinski definition) is 6.